The first-order chi connectivity index (χ1) is 19.2. The molecule has 2 unspecified atom stereocenters. The Labute approximate surface area is 229 Å². The zero-order valence-corrected chi connectivity index (χ0v) is 21.9. The van der Waals surface area contributed by atoms with Crippen molar-refractivity contribution < 1.29 is 5.11 Å². The van der Waals surface area contributed by atoms with E-state index in [9.17, 15) is 5.11 Å². The van der Waals surface area contributed by atoms with E-state index in [2.05, 4.69) is 117 Å². The monoisotopic (exact) mass is 512 g/mol. The molecular weight excluding hydrogens is 480 g/mol. The molecule has 1 aliphatic heterocycles. The highest BCUT2D eigenvalue weighted by atomic mass is 16.3. The second-order valence-corrected chi connectivity index (χ2v) is 11.0. The van der Waals surface area contributed by atoms with Gasteiger partial charge in [0.2, 0.25) is 0 Å². The van der Waals surface area contributed by atoms with Crippen LogP contribution in [0, 0.1) is 17.8 Å². The number of aliphatic hydroxyl groups is 1. The molecule has 2 aliphatic rings. The summed E-state index contributed by atoms with van der Waals surface area (Å²) in [6.45, 7) is 3.57. The van der Waals surface area contributed by atoms with Crippen LogP contribution in [0.15, 0.2) is 103 Å². The SMILES string of the molecule is OCC1C2CN(Cc3ccc(-c4ccc5ncnc(Nc6ccc(Cc7ccccc7)cc6)c5c4)cc3)CC12. The lowest BCUT2D eigenvalue weighted by Gasteiger charge is -2.19. The average molecular weight is 513 g/mol. The summed E-state index contributed by atoms with van der Waals surface area (Å²) in [7, 11) is 0. The highest BCUT2D eigenvalue weighted by Gasteiger charge is 2.54. The number of nitrogens with zero attached hydrogens (tertiary/aromatic N) is 3. The third-order valence-electron chi connectivity index (χ3n) is 8.45. The first-order valence-corrected chi connectivity index (χ1v) is 13.8. The maximum atomic E-state index is 9.41. The van der Waals surface area contributed by atoms with Crippen LogP contribution in [0.3, 0.4) is 0 Å². The number of aromatic nitrogens is 2. The van der Waals surface area contributed by atoms with Crippen LogP contribution in [0.4, 0.5) is 11.5 Å². The molecule has 0 bridgehead atoms. The Balaban J connectivity index is 1.06. The molecular formula is C34H32N4O. The highest BCUT2D eigenvalue weighted by Crippen LogP contribution is 2.51. The van der Waals surface area contributed by atoms with Crippen molar-refractivity contribution in [3.05, 3.63) is 120 Å². The van der Waals surface area contributed by atoms with Gasteiger partial charge in [0.25, 0.3) is 0 Å². The summed E-state index contributed by atoms with van der Waals surface area (Å²) in [5.74, 6) is 2.79. The van der Waals surface area contributed by atoms with Crippen molar-refractivity contribution in [3.63, 3.8) is 0 Å². The molecule has 4 aromatic carbocycles. The fraction of sp³-hybridized carbons (Fsp3) is 0.235. The molecule has 194 valence electrons. The number of nitrogens with one attached hydrogen (secondary N) is 1. The topological polar surface area (TPSA) is 61.3 Å². The number of anilines is 2. The Bertz CT molecular complexity index is 1570. The third kappa shape index (κ3) is 5.03. The zero-order chi connectivity index (χ0) is 26.2. The maximum Gasteiger partial charge on any atom is 0.141 e. The van der Waals surface area contributed by atoms with Crippen molar-refractivity contribution in [3.8, 4) is 11.1 Å². The van der Waals surface area contributed by atoms with Crippen molar-refractivity contribution in [2.24, 2.45) is 17.8 Å². The van der Waals surface area contributed by atoms with Crippen LogP contribution in [0.1, 0.15) is 16.7 Å². The Morgan fingerprint density at radius 2 is 1.44 bits per heavy atom. The van der Waals surface area contributed by atoms with Gasteiger partial charge in [0.05, 0.1) is 5.52 Å². The van der Waals surface area contributed by atoms with Crippen molar-refractivity contribution in [2.45, 2.75) is 13.0 Å². The number of hydrogen-bond acceptors (Lipinski definition) is 5. The first kappa shape index (κ1) is 24.0. The van der Waals surface area contributed by atoms with Gasteiger partial charge in [-0.3, -0.25) is 4.90 Å². The van der Waals surface area contributed by atoms with Crippen LogP contribution in [0.5, 0.6) is 0 Å². The minimum Gasteiger partial charge on any atom is -0.396 e. The van der Waals surface area contributed by atoms with Gasteiger partial charge in [-0.25, -0.2) is 9.97 Å². The van der Waals surface area contributed by atoms with Gasteiger partial charge < -0.3 is 10.4 Å². The quantitative estimate of drug-likeness (QED) is 0.255. The molecule has 1 saturated heterocycles. The fourth-order valence-electron chi connectivity index (χ4n) is 6.21. The minimum absolute atomic E-state index is 0.354. The summed E-state index contributed by atoms with van der Waals surface area (Å²) in [6, 6.07) is 34.4. The Kier molecular flexibility index (Phi) is 6.31. The molecule has 1 saturated carbocycles. The van der Waals surface area contributed by atoms with Crippen LogP contribution in [0.25, 0.3) is 22.0 Å². The number of hydrogen-bond donors (Lipinski definition) is 2. The molecule has 1 aromatic heterocycles. The Hall–Kier alpha value is -4.06. The van der Waals surface area contributed by atoms with Crippen LogP contribution in [-0.2, 0) is 13.0 Å². The predicted octanol–water partition coefficient (Wildman–Crippen LogP) is 6.30. The van der Waals surface area contributed by atoms with Crippen LogP contribution in [-0.4, -0.2) is 39.7 Å². The molecule has 0 radical (unpaired) electrons. The summed E-state index contributed by atoms with van der Waals surface area (Å²) in [6.07, 6.45) is 2.54. The number of fused-ring (bicyclic) bond motifs is 2. The molecule has 39 heavy (non-hydrogen) atoms. The Morgan fingerprint density at radius 1 is 0.744 bits per heavy atom. The third-order valence-corrected chi connectivity index (χ3v) is 8.45. The lowest BCUT2D eigenvalue weighted by molar-refractivity contribution is 0.217. The normalized spacial score (nSPS) is 20.2. The number of piperidine rings is 1. The molecule has 7 rings (SSSR count). The van der Waals surface area contributed by atoms with E-state index in [1.54, 1.807) is 6.33 Å². The van der Waals surface area contributed by atoms with E-state index in [4.69, 9.17) is 0 Å². The number of benzene rings is 4. The first-order valence-electron chi connectivity index (χ1n) is 13.8. The number of likely N-dealkylation sites (tertiary alicyclic amines) is 1. The molecule has 2 atom stereocenters. The predicted molar refractivity (Wildman–Crippen MR) is 157 cm³/mol. The maximum absolute atomic E-state index is 9.41. The van der Waals surface area contributed by atoms with Crippen molar-refractivity contribution in [1.29, 1.82) is 0 Å². The lowest BCUT2D eigenvalue weighted by Crippen LogP contribution is -2.24. The van der Waals surface area contributed by atoms with Crippen LogP contribution < -0.4 is 5.32 Å². The van der Waals surface area contributed by atoms with Crippen molar-refractivity contribution in [1.82, 2.24) is 14.9 Å². The van der Waals surface area contributed by atoms with Gasteiger partial charge in [0.15, 0.2) is 0 Å². The van der Waals surface area contributed by atoms with Gasteiger partial charge in [-0.05, 0) is 76.3 Å². The number of rotatable bonds is 8. The second-order valence-electron chi connectivity index (χ2n) is 11.0. The molecule has 1 aliphatic carbocycles. The molecule has 5 nitrogen and oxygen atoms in total. The molecule has 2 N–H and O–H groups in total. The van der Waals surface area contributed by atoms with E-state index < -0.39 is 0 Å². The molecule has 0 spiro atoms. The summed E-state index contributed by atoms with van der Waals surface area (Å²) in [5, 5.41) is 13.9. The fourth-order valence-corrected chi connectivity index (χ4v) is 6.21. The zero-order valence-electron chi connectivity index (χ0n) is 21.9. The smallest absolute Gasteiger partial charge is 0.141 e. The molecule has 5 aromatic rings. The van der Waals surface area contributed by atoms with Crippen molar-refractivity contribution in [2.75, 3.05) is 25.0 Å². The van der Waals surface area contributed by atoms with E-state index in [1.165, 1.54) is 22.3 Å². The van der Waals surface area contributed by atoms with Gasteiger partial charge in [0.1, 0.15) is 12.1 Å². The van der Waals surface area contributed by atoms with Gasteiger partial charge >= 0.3 is 0 Å². The standard InChI is InChI=1S/C34H32N4O/c39-21-32-30-19-38(20-31(30)32)18-25-6-10-26(11-7-25)27-12-15-33-29(17-27)34(36-22-35-33)37-28-13-8-24(9-14-28)16-23-4-2-1-3-5-23/h1-15,17,22,30-32,39H,16,18-21H2,(H,35,36,37). The van der Waals surface area contributed by atoms with E-state index in [0.29, 0.717) is 24.4 Å². The van der Waals surface area contributed by atoms with Gasteiger partial charge in [-0.1, -0.05) is 72.8 Å². The summed E-state index contributed by atoms with van der Waals surface area (Å²) >= 11 is 0. The van der Waals surface area contributed by atoms with E-state index in [0.717, 1.165) is 54.0 Å². The van der Waals surface area contributed by atoms with Crippen LogP contribution in [0.2, 0.25) is 0 Å². The average Bonchev–Trinajstić information content (AvgIpc) is 3.46. The summed E-state index contributed by atoms with van der Waals surface area (Å²) in [5.41, 5.74) is 8.19. The van der Waals surface area contributed by atoms with Gasteiger partial charge in [0, 0.05) is 37.3 Å². The van der Waals surface area contributed by atoms with Gasteiger partial charge in [-0.2, -0.15) is 0 Å². The summed E-state index contributed by atoms with van der Waals surface area (Å²) in [4.78, 5) is 11.6. The highest BCUT2D eigenvalue weighted by molar-refractivity contribution is 5.93. The van der Waals surface area contributed by atoms with Crippen molar-refractivity contribution >= 4 is 22.4 Å². The lowest BCUT2D eigenvalue weighted by atomic mass is 10.0. The molecule has 5 heteroatoms. The molecule has 0 amide bonds. The van der Waals surface area contributed by atoms with Crippen LogP contribution >= 0.6 is 0 Å². The van der Waals surface area contributed by atoms with Gasteiger partial charge in [-0.15, -0.1) is 0 Å². The van der Waals surface area contributed by atoms with E-state index in [1.807, 2.05) is 0 Å². The van der Waals surface area contributed by atoms with E-state index >= 15 is 0 Å². The number of aliphatic hydroxyl groups excluding tert-OH is 1. The summed E-state index contributed by atoms with van der Waals surface area (Å²) < 4.78 is 0. The Morgan fingerprint density at radius 3 is 2.18 bits per heavy atom. The second kappa shape index (κ2) is 10.3. The minimum atomic E-state index is 0.354. The van der Waals surface area contributed by atoms with E-state index in [-0.39, 0.29) is 0 Å². The molecule has 2 fully saturated rings. The largest absolute Gasteiger partial charge is 0.396 e. The molecule has 2 heterocycles.